The number of urea groups is 1. The lowest BCUT2D eigenvalue weighted by atomic mass is 10.4. The second-order valence-electron chi connectivity index (χ2n) is 4.86. The van der Waals surface area contributed by atoms with Crippen molar-refractivity contribution in [3.63, 3.8) is 0 Å². The molecule has 0 bridgehead atoms. The summed E-state index contributed by atoms with van der Waals surface area (Å²) in [4.78, 5) is 23.5. The van der Waals surface area contributed by atoms with E-state index in [1.165, 1.54) is 12.2 Å². The third kappa shape index (κ3) is 4.48. The number of thiophene rings is 1. The van der Waals surface area contributed by atoms with Gasteiger partial charge in [0, 0.05) is 18.0 Å². The van der Waals surface area contributed by atoms with Crippen molar-refractivity contribution in [2.45, 2.75) is 26.6 Å². The first-order chi connectivity index (χ1) is 11.8. The summed E-state index contributed by atoms with van der Waals surface area (Å²) >= 11 is 1.15. The lowest BCUT2D eigenvalue weighted by Gasteiger charge is -2.26. The fraction of sp³-hybridized carbons (Fsp3) is 0.500. The van der Waals surface area contributed by atoms with Crippen LogP contribution < -0.4 is 0 Å². The molecule has 0 aromatic carbocycles. The first-order valence-electron chi connectivity index (χ1n) is 7.40. The van der Waals surface area contributed by atoms with Gasteiger partial charge in [0.25, 0.3) is 0 Å². The molecule has 0 saturated heterocycles. The number of alkyl halides is 3. The highest BCUT2D eigenvalue weighted by Crippen LogP contribution is 2.32. The molecule has 25 heavy (non-hydrogen) atoms. The zero-order valence-corrected chi connectivity index (χ0v) is 14.6. The molecule has 0 aliphatic carbocycles. The predicted octanol–water partition coefficient (Wildman–Crippen LogP) is 3.64. The van der Waals surface area contributed by atoms with Crippen molar-refractivity contribution < 1.29 is 27.3 Å². The predicted molar refractivity (Wildman–Crippen MR) is 83.5 cm³/mol. The summed E-state index contributed by atoms with van der Waals surface area (Å²) < 4.78 is 41.8. The fourth-order valence-corrected chi connectivity index (χ4v) is 2.94. The molecule has 0 N–H and O–H groups in total. The minimum atomic E-state index is -4.69. The van der Waals surface area contributed by atoms with E-state index < -0.39 is 12.1 Å². The van der Waals surface area contributed by atoms with Gasteiger partial charge < -0.3 is 9.42 Å². The van der Waals surface area contributed by atoms with Crippen molar-refractivity contribution in [1.29, 1.82) is 0 Å². The Balaban J connectivity index is 2.12. The number of rotatable bonds is 6. The lowest BCUT2D eigenvalue weighted by Crippen LogP contribution is -2.41. The van der Waals surface area contributed by atoms with E-state index in [-0.39, 0.29) is 18.4 Å². The van der Waals surface area contributed by atoms with Crippen LogP contribution in [0, 0.1) is 0 Å². The molecule has 2 aromatic rings. The summed E-state index contributed by atoms with van der Waals surface area (Å²) in [5.74, 6) is -1.55. The average Bonchev–Trinajstić information content (AvgIpc) is 3.22. The number of hydroxylamine groups is 2. The van der Waals surface area contributed by atoms with E-state index >= 15 is 0 Å². The maximum absolute atomic E-state index is 12.5. The quantitative estimate of drug-likeness (QED) is 0.718. The monoisotopic (exact) mass is 378 g/mol. The maximum Gasteiger partial charge on any atom is 0.471 e. The summed E-state index contributed by atoms with van der Waals surface area (Å²) in [6, 6.07) is 2.95. The van der Waals surface area contributed by atoms with Gasteiger partial charge in [-0.15, -0.1) is 11.3 Å². The Kier molecular flexibility index (Phi) is 6.01. The lowest BCUT2D eigenvalue weighted by molar-refractivity contribution is -0.159. The topological polar surface area (TPSA) is 71.7 Å². The summed E-state index contributed by atoms with van der Waals surface area (Å²) in [6.45, 7) is 4.93. The molecule has 2 heterocycles. The Morgan fingerprint density at radius 1 is 1.32 bits per heavy atom. The van der Waals surface area contributed by atoms with Crippen LogP contribution in [-0.4, -0.2) is 46.3 Å². The molecule has 0 aliphatic rings. The third-order valence-electron chi connectivity index (χ3n) is 3.32. The van der Waals surface area contributed by atoms with Gasteiger partial charge in [-0.2, -0.15) is 23.2 Å². The standard InChI is InChI=1S/C14H17F3N4O3S/c1-4-20(5-2)13(22)21(23-3)8-9-6-7-10(25-9)11-18-12(24-19-11)14(15,16)17/h6-7H,4-5,8H2,1-3H3. The number of carbonyl (C=O) groups is 1. The minimum absolute atomic E-state index is 0.150. The van der Waals surface area contributed by atoms with Crippen LogP contribution in [0.1, 0.15) is 24.6 Å². The van der Waals surface area contributed by atoms with Gasteiger partial charge in [0.05, 0.1) is 18.5 Å². The van der Waals surface area contributed by atoms with E-state index in [2.05, 4.69) is 14.7 Å². The van der Waals surface area contributed by atoms with Crippen molar-refractivity contribution in [2.75, 3.05) is 20.2 Å². The number of hydrogen-bond donors (Lipinski definition) is 0. The number of halogens is 3. The number of nitrogens with zero attached hydrogens (tertiary/aromatic N) is 4. The van der Waals surface area contributed by atoms with Crippen LogP contribution in [-0.2, 0) is 17.6 Å². The molecule has 0 aliphatic heterocycles. The Morgan fingerprint density at radius 3 is 2.52 bits per heavy atom. The molecule has 0 unspecified atom stereocenters. The Labute approximate surface area is 145 Å². The molecule has 2 rings (SSSR count). The molecule has 7 nitrogen and oxygen atoms in total. The van der Waals surface area contributed by atoms with Crippen LogP contribution in [0.25, 0.3) is 10.7 Å². The van der Waals surface area contributed by atoms with Gasteiger partial charge in [-0.1, -0.05) is 5.16 Å². The molecular formula is C14H17F3N4O3S. The maximum atomic E-state index is 12.5. The van der Waals surface area contributed by atoms with Crippen LogP contribution >= 0.6 is 11.3 Å². The van der Waals surface area contributed by atoms with E-state index in [0.29, 0.717) is 22.8 Å². The Hall–Kier alpha value is -2.14. The molecule has 2 aromatic heterocycles. The first kappa shape index (κ1) is 19.2. The summed E-state index contributed by atoms with van der Waals surface area (Å²) in [6.07, 6.45) is -4.69. The van der Waals surface area contributed by atoms with Gasteiger partial charge in [-0.25, -0.2) is 4.79 Å². The van der Waals surface area contributed by atoms with Gasteiger partial charge in [-0.3, -0.25) is 4.84 Å². The van der Waals surface area contributed by atoms with Crippen LogP contribution in [0.4, 0.5) is 18.0 Å². The zero-order chi connectivity index (χ0) is 18.6. The van der Waals surface area contributed by atoms with Gasteiger partial charge in [0.1, 0.15) is 0 Å². The SMILES string of the molecule is CCN(CC)C(=O)N(Cc1ccc(-c2noc(C(F)(F)F)n2)s1)OC. The zero-order valence-electron chi connectivity index (χ0n) is 13.8. The number of hydrogen-bond acceptors (Lipinski definition) is 6. The van der Waals surface area contributed by atoms with Gasteiger partial charge in [0.2, 0.25) is 5.82 Å². The first-order valence-corrected chi connectivity index (χ1v) is 8.22. The van der Waals surface area contributed by atoms with E-state index in [1.807, 2.05) is 13.8 Å². The molecular weight excluding hydrogens is 361 g/mol. The van der Waals surface area contributed by atoms with Crippen molar-refractivity contribution in [1.82, 2.24) is 20.1 Å². The van der Waals surface area contributed by atoms with Crippen LogP contribution in [0.15, 0.2) is 16.7 Å². The highest BCUT2D eigenvalue weighted by molar-refractivity contribution is 7.15. The van der Waals surface area contributed by atoms with Crippen LogP contribution in [0.3, 0.4) is 0 Å². The Morgan fingerprint density at radius 2 is 2.00 bits per heavy atom. The number of amides is 2. The summed E-state index contributed by atoms with van der Waals surface area (Å²) in [7, 11) is 1.38. The molecule has 138 valence electrons. The van der Waals surface area contributed by atoms with E-state index in [9.17, 15) is 18.0 Å². The van der Waals surface area contributed by atoms with Crippen molar-refractivity contribution >= 4 is 17.4 Å². The highest BCUT2D eigenvalue weighted by atomic mass is 32.1. The summed E-state index contributed by atoms with van der Waals surface area (Å²) in [5.41, 5.74) is 0. The largest absolute Gasteiger partial charge is 0.471 e. The van der Waals surface area contributed by atoms with E-state index in [1.54, 1.807) is 17.0 Å². The van der Waals surface area contributed by atoms with Gasteiger partial charge >= 0.3 is 18.1 Å². The van der Waals surface area contributed by atoms with Crippen LogP contribution in [0.5, 0.6) is 0 Å². The molecule has 0 saturated carbocycles. The number of aromatic nitrogens is 2. The van der Waals surface area contributed by atoms with Crippen molar-refractivity contribution in [3.05, 3.63) is 22.9 Å². The molecule has 0 fully saturated rings. The Bertz CT molecular complexity index is 712. The van der Waals surface area contributed by atoms with Gasteiger partial charge in [0.15, 0.2) is 0 Å². The molecule has 11 heteroatoms. The second kappa shape index (κ2) is 7.83. The van der Waals surface area contributed by atoms with Crippen molar-refractivity contribution in [3.8, 4) is 10.7 Å². The molecule has 0 atom stereocenters. The van der Waals surface area contributed by atoms with E-state index in [4.69, 9.17) is 4.84 Å². The highest BCUT2D eigenvalue weighted by Gasteiger charge is 2.38. The number of carbonyl (C=O) groups excluding carboxylic acids is 1. The fourth-order valence-electron chi connectivity index (χ4n) is 2.03. The van der Waals surface area contributed by atoms with Crippen molar-refractivity contribution in [2.24, 2.45) is 0 Å². The average molecular weight is 378 g/mol. The molecule has 0 radical (unpaired) electrons. The van der Waals surface area contributed by atoms with Crippen LogP contribution in [0.2, 0.25) is 0 Å². The molecule has 2 amide bonds. The second-order valence-corrected chi connectivity index (χ2v) is 6.03. The summed E-state index contributed by atoms with van der Waals surface area (Å²) in [5, 5.41) is 4.52. The normalized spacial score (nSPS) is 11.6. The smallest absolute Gasteiger partial charge is 0.329 e. The van der Waals surface area contributed by atoms with E-state index in [0.717, 1.165) is 11.3 Å². The minimum Gasteiger partial charge on any atom is -0.329 e. The van der Waals surface area contributed by atoms with Gasteiger partial charge in [-0.05, 0) is 26.0 Å². The third-order valence-corrected chi connectivity index (χ3v) is 4.38. The molecule has 0 spiro atoms.